The summed E-state index contributed by atoms with van der Waals surface area (Å²) in [5, 5.41) is 17.3. The molecule has 0 saturated carbocycles. The summed E-state index contributed by atoms with van der Waals surface area (Å²) in [7, 11) is 0. The summed E-state index contributed by atoms with van der Waals surface area (Å²) in [4.78, 5) is 23.3. The average Bonchev–Trinajstić information content (AvgIpc) is 2.42. The van der Waals surface area contributed by atoms with E-state index in [2.05, 4.69) is 0 Å². The van der Waals surface area contributed by atoms with Crippen molar-refractivity contribution in [2.24, 2.45) is 0 Å². The van der Waals surface area contributed by atoms with Crippen LogP contribution in [0.4, 0.5) is 0 Å². The van der Waals surface area contributed by atoms with Crippen LogP contribution in [0, 0.1) is 0 Å². The Morgan fingerprint density at radius 1 is 0.778 bits per heavy atom. The van der Waals surface area contributed by atoms with Crippen LogP contribution in [0.5, 0.6) is 0 Å². The second-order valence-electron chi connectivity index (χ2n) is 4.08. The van der Waals surface area contributed by atoms with E-state index in [0.29, 0.717) is 36.8 Å². The zero-order valence-electron chi connectivity index (χ0n) is 10.3. The van der Waals surface area contributed by atoms with E-state index in [4.69, 9.17) is 10.2 Å². The van der Waals surface area contributed by atoms with E-state index in [1.54, 1.807) is 24.3 Å². The van der Waals surface area contributed by atoms with Crippen molar-refractivity contribution in [3.8, 4) is 0 Å². The SMILES string of the molecule is O=C(CCCO)c1ccc(C(=O)CCCO)cc1. The van der Waals surface area contributed by atoms with Crippen LogP contribution in [-0.4, -0.2) is 35.0 Å². The molecule has 0 fully saturated rings. The van der Waals surface area contributed by atoms with Gasteiger partial charge in [-0.3, -0.25) is 9.59 Å². The maximum Gasteiger partial charge on any atom is 0.162 e. The summed E-state index contributed by atoms with van der Waals surface area (Å²) >= 11 is 0. The molecule has 1 aromatic carbocycles. The van der Waals surface area contributed by atoms with Gasteiger partial charge in [-0.25, -0.2) is 0 Å². The Labute approximate surface area is 106 Å². The van der Waals surface area contributed by atoms with E-state index in [-0.39, 0.29) is 24.8 Å². The van der Waals surface area contributed by atoms with Crippen LogP contribution in [0.25, 0.3) is 0 Å². The number of benzene rings is 1. The highest BCUT2D eigenvalue weighted by molar-refractivity contribution is 5.99. The lowest BCUT2D eigenvalue weighted by Crippen LogP contribution is -2.03. The van der Waals surface area contributed by atoms with Gasteiger partial charge in [0.25, 0.3) is 0 Å². The first-order valence-electron chi connectivity index (χ1n) is 6.07. The molecule has 4 nitrogen and oxygen atoms in total. The van der Waals surface area contributed by atoms with Crippen LogP contribution in [0.1, 0.15) is 46.4 Å². The molecule has 0 aliphatic heterocycles. The van der Waals surface area contributed by atoms with Gasteiger partial charge in [-0.15, -0.1) is 0 Å². The van der Waals surface area contributed by atoms with Crippen molar-refractivity contribution in [2.45, 2.75) is 25.7 Å². The summed E-state index contributed by atoms with van der Waals surface area (Å²) in [6.07, 6.45) is 1.54. The molecule has 1 rings (SSSR count). The highest BCUT2D eigenvalue weighted by Gasteiger charge is 2.08. The number of carbonyl (C=O) groups excluding carboxylic acids is 2. The van der Waals surface area contributed by atoms with Gasteiger partial charge in [-0.05, 0) is 12.8 Å². The number of hydrogen-bond acceptors (Lipinski definition) is 4. The monoisotopic (exact) mass is 250 g/mol. The molecule has 18 heavy (non-hydrogen) atoms. The molecule has 0 radical (unpaired) electrons. The van der Waals surface area contributed by atoms with Crippen molar-refractivity contribution < 1.29 is 19.8 Å². The second-order valence-corrected chi connectivity index (χ2v) is 4.08. The fraction of sp³-hybridized carbons (Fsp3) is 0.429. The predicted molar refractivity (Wildman–Crippen MR) is 67.7 cm³/mol. The highest BCUT2D eigenvalue weighted by Crippen LogP contribution is 2.10. The fourth-order valence-electron chi connectivity index (χ4n) is 1.61. The summed E-state index contributed by atoms with van der Waals surface area (Å²) in [6.45, 7) is 0.00688. The minimum atomic E-state index is -0.0293. The molecule has 0 unspecified atom stereocenters. The number of aliphatic hydroxyl groups is 2. The molecule has 98 valence electrons. The quantitative estimate of drug-likeness (QED) is 0.687. The van der Waals surface area contributed by atoms with Crippen LogP contribution in [0.3, 0.4) is 0 Å². The normalized spacial score (nSPS) is 10.3. The molecule has 0 aliphatic rings. The average molecular weight is 250 g/mol. The molecule has 0 spiro atoms. The first-order chi connectivity index (χ1) is 8.69. The van der Waals surface area contributed by atoms with Crippen molar-refractivity contribution in [1.82, 2.24) is 0 Å². The van der Waals surface area contributed by atoms with Crippen molar-refractivity contribution in [3.05, 3.63) is 35.4 Å². The van der Waals surface area contributed by atoms with E-state index in [9.17, 15) is 9.59 Å². The maximum absolute atomic E-state index is 11.6. The van der Waals surface area contributed by atoms with Gasteiger partial charge in [0.05, 0.1) is 0 Å². The first kappa shape index (κ1) is 14.5. The van der Waals surface area contributed by atoms with E-state index in [1.165, 1.54) is 0 Å². The van der Waals surface area contributed by atoms with Gasteiger partial charge in [-0.2, -0.15) is 0 Å². The van der Waals surface area contributed by atoms with Crippen LogP contribution >= 0.6 is 0 Å². The predicted octanol–water partition coefficient (Wildman–Crippen LogP) is 1.60. The van der Waals surface area contributed by atoms with Crippen LogP contribution < -0.4 is 0 Å². The number of ketones is 2. The lowest BCUT2D eigenvalue weighted by molar-refractivity contribution is 0.0960. The Hall–Kier alpha value is -1.52. The standard InChI is InChI=1S/C14H18O4/c15-9-1-3-13(17)11-5-7-12(8-6-11)14(18)4-2-10-16/h5-8,15-16H,1-4,9-10H2. The largest absolute Gasteiger partial charge is 0.396 e. The first-order valence-corrected chi connectivity index (χ1v) is 6.07. The van der Waals surface area contributed by atoms with Gasteiger partial charge >= 0.3 is 0 Å². The molecule has 0 heterocycles. The van der Waals surface area contributed by atoms with Gasteiger partial charge in [0.1, 0.15) is 0 Å². The third kappa shape index (κ3) is 4.39. The Bertz CT molecular complexity index is 356. The van der Waals surface area contributed by atoms with Crippen molar-refractivity contribution >= 4 is 11.6 Å². The number of rotatable bonds is 8. The Morgan fingerprint density at radius 2 is 1.11 bits per heavy atom. The Kier molecular flexibility index (Phi) is 6.25. The molecule has 0 aromatic heterocycles. The van der Waals surface area contributed by atoms with Crippen molar-refractivity contribution in [1.29, 1.82) is 0 Å². The van der Waals surface area contributed by atoms with Crippen molar-refractivity contribution in [2.75, 3.05) is 13.2 Å². The van der Waals surface area contributed by atoms with Crippen LogP contribution in [0.2, 0.25) is 0 Å². The molecule has 0 amide bonds. The number of carbonyl (C=O) groups is 2. The van der Waals surface area contributed by atoms with E-state index in [0.717, 1.165) is 0 Å². The summed E-state index contributed by atoms with van der Waals surface area (Å²) in [6, 6.07) is 6.52. The van der Waals surface area contributed by atoms with Crippen molar-refractivity contribution in [3.63, 3.8) is 0 Å². The number of Topliss-reactive ketones (excluding diaryl/α,β-unsaturated/α-hetero) is 2. The van der Waals surface area contributed by atoms with E-state index < -0.39 is 0 Å². The molecular weight excluding hydrogens is 232 g/mol. The highest BCUT2D eigenvalue weighted by atomic mass is 16.3. The zero-order valence-corrected chi connectivity index (χ0v) is 10.3. The molecule has 2 N–H and O–H groups in total. The maximum atomic E-state index is 11.6. The molecular formula is C14H18O4. The summed E-state index contributed by atoms with van der Waals surface area (Å²) in [5.41, 5.74) is 1.12. The Morgan fingerprint density at radius 3 is 1.39 bits per heavy atom. The second kappa shape index (κ2) is 7.74. The lowest BCUT2D eigenvalue weighted by Gasteiger charge is -2.03. The van der Waals surface area contributed by atoms with Gasteiger partial charge in [-0.1, -0.05) is 24.3 Å². The van der Waals surface area contributed by atoms with Gasteiger partial charge in [0.2, 0.25) is 0 Å². The third-order valence-corrected chi connectivity index (χ3v) is 2.65. The molecule has 0 bridgehead atoms. The number of aliphatic hydroxyl groups excluding tert-OH is 2. The Balaban J connectivity index is 2.62. The summed E-state index contributed by atoms with van der Waals surface area (Å²) in [5.74, 6) is -0.0585. The summed E-state index contributed by atoms with van der Waals surface area (Å²) < 4.78 is 0. The molecule has 4 heteroatoms. The van der Waals surface area contributed by atoms with E-state index >= 15 is 0 Å². The fourth-order valence-corrected chi connectivity index (χ4v) is 1.61. The minimum absolute atomic E-state index is 0.00344. The van der Waals surface area contributed by atoms with E-state index in [1.807, 2.05) is 0 Å². The topological polar surface area (TPSA) is 74.6 Å². The van der Waals surface area contributed by atoms with Gasteiger partial charge in [0.15, 0.2) is 11.6 Å². The molecule has 0 aliphatic carbocycles. The smallest absolute Gasteiger partial charge is 0.162 e. The van der Waals surface area contributed by atoms with Gasteiger partial charge in [0, 0.05) is 37.2 Å². The minimum Gasteiger partial charge on any atom is -0.396 e. The molecule has 1 aromatic rings. The van der Waals surface area contributed by atoms with Gasteiger partial charge < -0.3 is 10.2 Å². The lowest BCUT2D eigenvalue weighted by atomic mass is 10.0. The zero-order chi connectivity index (χ0) is 13.4. The molecule has 0 saturated heterocycles. The number of hydrogen-bond donors (Lipinski definition) is 2. The molecule has 0 atom stereocenters. The third-order valence-electron chi connectivity index (χ3n) is 2.65. The van der Waals surface area contributed by atoms with Crippen LogP contribution in [-0.2, 0) is 0 Å². The van der Waals surface area contributed by atoms with Crippen LogP contribution in [0.15, 0.2) is 24.3 Å².